The topological polar surface area (TPSA) is 65.8 Å². The molecule has 2 aliphatic rings. The predicted molar refractivity (Wildman–Crippen MR) is 107 cm³/mol. The Kier molecular flexibility index (Phi) is 5.76. The van der Waals surface area contributed by atoms with Gasteiger partial charge < -0.3 is 14.6 Å². The van der Waals surface area contributed by atoms with Crippen LogP contribution in [0.3, 0.4) is 0 Å². The zero-order valence-corrected chi connectivity index (χ0v) is 16.1. The maximum atomic E-state index is 12.7. The van der Waals surface area contributed by atoms with Crippen molar-refractivity contribution >= 4 is 17.5 Å². The molecule has 3 heterocycles. The van der Waals surface area contributed by atoms with Crippen LogP contribution in [0.15, 0.2) is 47.1 Å². The van der Waals surface area contributed by atoms with Gasteiger partial charge in [0.25, 0.3) is 5.91 Å². The molecule has 2 fully saturated rings. The molecule has 1 N–H and O–H groups in total. The molecule has 0 unspecified atom stereocenters. The summed E-state index contributed by atoms with van der Waals surface area (Å²) >= 11 is 0. The minimum Gasteiger partial charge on any atom is -0.468 e. The average Bonchev–Trinajstić information content (AvgIpc) is 3.41. The molecule has 0 saturated carbocycles. The van der Waals surface area contributed by atoms with Gasteiger partial charge in [-0.2, -0.15) is 0 Å². The first kappa shape index (κ1) is 18.7. The summed E-state index contributed by atoms with van der Waals surface area (Å²) < 4.78 is 5.64. The summed E-state index contributed by atoms with van der Waals surface area (Å²) in [5, 5.41) is 3.06. The van der Waals surface area contributed by atoms with Crippen LogP contribution in [0.5, 0.6) is 0 Å². The van der Waals surface area contributed by atoms with Crippen molar-refractivity contribution in [3.63, 3.8) is 0 Å². The highest BCUT2D eigenvalue weighted by Gasteiger charge is 2.25. The van der Waals surface area contributed by atoms with E-state index in [2.05, 4.69) is 10.2 Å². The number of amides is 2. The van der Waals surface area contributed by atoms with Crippen LogP contribution in [0.2, 0.25) is 0 Å². The van der Waals surface area contributed by atoms with Crippen LogP contribution in [-0.2, 0) is 4.79 Å². The van der Waals surface area contributed by atoms with Crippen molar-refractivity contribution in [3.8, 4) is 0 Å². The number of carbonyl (C=O) groups is 2. The second kappa shape index (κ2) is 8.61. The lowest BCUT2D eigenvalue weighted by atomic mass is 10.1. The number of hydrogen-bond donors (Lipinski definition) is 1. The smallest absolute Gasteiger partial charge is 0.251 e. The number of hydrogen-bond acceptors (Lipinski definition) is 4. The maximum absolute atomic E-state index is 12.7. The van der Waals surface area contributed by atoms with Gasteiger partial charge in [-0.05, 0) is 68.8 Å². The normalized spacial score (nSPS) is 19.0. The number of piperidine rings is 1. The van der Waals surface area contributed by atoms with Gasteiger partial charge in [-0.25, -0.2) is 0 Å². The molecule has 0 aliphatic carbocycles. The molecule has 2 amide bonds. The Morgan fingerprint density at radius 1 is 1.04 bits per heavy atom. The summed E-state index contributed by atoms with van der Waals surface area (Å²) in [5.74, 6) is 0.943. The van der Waals surface area contributed by atoms with Gasteiger partial charge in [0.1, 0.15) is 5.76 Å². The highest BCUT2D eigenvalue weighted by atomic mass is 16.3. The molecule has 148 valence electrons. The molecular formula is C22H27N3O3. The van der Waals surface area contributed by atoms with Crippen molar-refractivity contribution in [2.24, 2.45) is 0 Å². The summed E-state index contributed by atoms with van der Waals surface area (Å²) in [6.07, 6.45) is 6.81. The van der Waals surface area contributed by atoms with Crippen molar-refractivity contribution in [3.05, 3.63) is 54.0 Å². The SMILES string of the molecule is O=C(NC[C@@H](c1ccco1)N1CCCCC1)c1ccc(N2CCCC2=O)cc1. The third-order valence-corrected chi connectivity index (χ3v) is 5.67. The lowest BCUT2D eigenvalue weighted by molar-refractivity contribution is -0.117. The van der Waals surface area contributed by atoms with E-state index in [0.29, 0.717) is 18.5 Å². The predicted octanol–water partition coefficient (Wildman–Crippen LogP) is 3.36. The largest absolute Gasteiger partial charge is 0.468 e. The summed E-state index contributed by atoms with van der Waals surface area (Å²) in [7, 11) is 0. The number of carbonyl (C=O) groups excluding carboxylic acids is 2. The molecule has 0 radical (unpaired) electrons. The molecule has 0 spiro atoms. The lowest BCUT2D eigenvalue weighted by Crippen LogP contribution is -2.40. The van der Waals surface area contributed by atoms with Crippen molar-refractivity contribution < 1.29 is 14.0 Å². The monoisotopic (exact) mass is 381 g/mol. The zero-order valence-electron chi connectivity index (χ0n) is 16.1. The van der Waals surface area contributed by atoms with Crippen molar-refractivity contribution in [2.75, 3.05) is 31.1 Å². The Balaban J connectivity index is 1.40. The third kappa shape index (κ3) is 4.12. The van der Waals surface area contributed by atoms with Gasteiger partial charge in [-0.3, -0.25) is 14.5 Å². The summed E-state index contributed by atoms with van der Waals surface area (Å²) in [4.78, 5) is 28.7. The maximum Gasteiger partial charge on any atom is 0.251 e. The standard InChI is InChI=1S/C22H27N3O3/c26-21-7-4-14-25(21)18-10-8-17(9-11-18)22(27)23-16-19(20-6-5-15-28-20)24-12-2-1-3-13-24/h5-6,8-11,15,19H,1-4,7,12-14,16H2,(H,23,27)/t19-/m0/s1. The average molecular weight is 381 g/mol. The minimum absolute atomic E-state index is 0.0562. The molecule has 4 rings (SSSR count). The number of nitrogens with zero attached hydrogens (tertiary/aromatic N) is 2. The van der Waals surface area contributed by atoms with Crippen molar-refractivity contribution in [1.29, 1.82) is 0 Å². The van der Waals surface area contributed by atoms with Crippen molar-refractivity contribution in [1.82, 2.24) is 10.2 Å². The first-order valence-corrected chi connectivity index (χ1v) is 10.2. The molecule has 2 aliphatic heterocycles. The van der Waals surface area contributed by atoms with Crippen molar-refractivity contribution in [2.45, 2.75) is 38.1 Å². The van der Waals surface area contributed by atoms with Crippen LogP contribution in [-0.4, -0.2) is 42.9 Å². The zero-order chi connectivity index (χ0) is 19.3. The highest BCUT2D eigenvalue weighted by Crippen LogP contribution is 2.25. The van der Waals surface area contributed by atoms with Crippen LogP contribution in [0.1, 0.15) is 54.3 Å². The molecule has 28 heavy (non-hydrogen) atoms. The van der Waals surface area contributed by atoms with Crippen LogP contribution in [0, 0.1) is 0 Å². The fourth-order valence-corrected chi connectivity index (χ4v) is 4.13. The summed E-state index contributed by atoms with van der Waals surface area (Å²) in [6, 6.07) is 11.2. The molecule has 6 heteroatoms. The van der Waals surface area contributed by atoms with Crippen LogP contribution in [0.4, 0.5) is 5.69 Å². The van der Waals surface area contributed by atoms with Crippen LogP contribution < -0.4 is 10.2 Å². The second-order valence-electron chi connectivity index (χ2n) is 7.53. The van der Waals surface area contributed by atoms with Crippen LogP contribution in [0.25, 0.3) is 0 Å². The van der Waals surface area contributed by atoms with E-state index < -0.39 is 0 Å². The van der Waals surface area contributed by atoms with E-state index in [1.54, 1.807) is 23.3 Å². The summed E-state index contributed by atoms with van der Waals surface area (Å²) in [5.41, 5.74) is 1.47. The first-order valence-electron chi connectivity index (χ1n) is 10.2. The van der Waals surface area contributed by atoms with E-state index in [1.807, 2.05) is 24.3 Å². The lowest BCUT2D eigenvalue weighted by Gasteiger charge is -2.33. The number of likely N-dealkylation sites (tertiary alicyclic amines) is 1. The quantitative estimate of drug-likeness (QED) is 0.833. The molecular weight excluding hydrogens is 354 g/mol. The number of benzene rings is 1. The van der Waals surface area contributed by atoms with E-state index in [1.165, 1.54) is 19.3 Å². The molecule has 1 atom stereocenters. The van der Waals surface area contributed by atoms with Gasteiger partial charge in [0.05, 0.1) is 12.3 Å². The van der Waals surface area contributed by atoms with Crippen LogP contribution >= 0.6 is 0 Å². The summed E-state index contributed by atoms with van der Waals surface area (Å²) in [6.45, 7) is 3.32. The highest BCUT2D eigenvalue weighted by molar-refractivity contribution is 5.97. The van der Waals surface area contributed by atoms with Gasteiger partial charge >= 0.3 is 0 Å². The third-order valence-electron chi connectivity index (χ3n) is 5.67. The minimum atomic E-state index is -0.104. The van der Waals surface area contributed by atoms with Gasteiger partial charge in [0.15, 0.2) is 0 Å². The molecule has 1 aromatic carbocycles. The van der Waals surface area contributed by atoms with Gasteiger partial charge in [0, 0.05) is 30.8 Å². The van der Waals surface area contributed by atoms with Gasteiger partial charge in [0.2, 0.25) is 5.91 Å². The molecule has 6 nitrogen and oxygen atoms in total. The Bertz CT molecular complexity index is 795. The number of furan rings is 1. The molecule has 0 bridgehead atoms. The Morgan fingerprint density at radius 2 is 1.82 bits per heavy atom. The Hall–Kier alpha value is -2.60. The number of nitrogens with one attached hydrogen (secondary N) is 1. The number of anilines is 1. The Morgan fingerprint density at radius 3 is 2.46 bits per heavy atom. The van der Waals surface area contributed by atoms with Gasteiger partial charge in [-0.1, -0.05) is 6.42 Å². The number of rotatable bonds is 6. The van der Waals surface area contributed by atoms with E-state index in [9.17, 15) is 9.59 Å². The van der Waals surface area contributed by atoms with E-state index >= 15 is 0 Å². The second-order valence-corrected chi connectivity index (χ2v) is 7.53. The van der Waals surface area contributed by atoms with E-state index in [0.717, 1.165) is 37.5 Å². The molecule has 2 aromatic rings. The Labute approximate surface area is 165 Å². The fraction of sp³-hybridized carbons (Fsp3) is 0.455. The first-order chi connectivity index (χ1) is 13.7. The fourth-order valence-electron chi connectivity index (χ4n) is 4.13. The van der Waals surface area contributed by atoms with E-state index in [4.69, 9.17) is 4.42 Å². The molecule has 1 aromatic heterocycles. The van der Waals surface area contributed by atoms with Gasteiger partial charge in [-0.15, -0.1) is 0 Å². The molecule has 2 saturated heterocycles. The van der Waals surface area contributed by atoms with E-state index in [-0.39, 0.29) is 17.9 Å².